The highest BCUT2D eigenvalue weighted by molar-refractivity contribution is 4.76. The molecule has 0 aromatic carbocycles. The van der Waals surface area contributed by atoms with Gasteiger partial charge in [0.25, 0.3) is 0 Å². The second-order valence-electron chi connectivity index (χ2n) is 4.22. The second kappa shape index (κ2) is 4.97. The Morgan fingerprint density at radius 2 is 1.77 bits per heavy atom. The van der Waals surface area contributed by atoms with Crippen LogP contribution >= 0.6 is 0 Å². The van der Waals surface area contributed by atoms with Crippen LogP contribution in [0.25, 0.3) is 0 Å². The van der Waals surface area contributed by atoms with Crippen molar-refractivity contribution >= 4 is 0 Å². The first kappa shape index (κ1) is 11.0. The maximum atomic E-state index is 6.14. The average Bonchev–Trinajstić information content (AvgIpc) is 2.19. The molecule has 1 heterocycles. The summed E-state index contributed by atoms with van der Waals surface area (Å²) in [6.45, 7) is 8.90. The summed E-state index contributed by atoms with van der Waals surface area (Å²) in [5, 5.41) is 3.36. The first-order chi connectivity index (χ1) is 6.20. The summed E-state index contributed by atoms with van der Waals surface area (Å²) >= 11 is 0. The van der Waals surface area contributed by atoms with Gasteiger partial charge in [-0.3, -0.25) is 0 Å². The van der Waals surface area contributed by atoms with Crippen LogP contribution in [0.2, 0.25) is 0 Å². The van der Waals surface area contributed by atoms with E-state index in [9.17, 15) is 0 Å². The quantitative estimate of drug-likeness (QED) is 0.726. The van der Waals surface area contributed by atoms with Gasteiger partial charge < -0.3 is 10.1 Å². The Morgan fingerprint density at radius 3 is 2.23 bits per heavy atom. The second-order valence-corrected chi connectivity index (χ2v) is 4.22. The van der Waals surface area contributed by atoms with Gasteiger partial charge in [0, 0.05) is 0 Å². The third kappa shape index (κ3) is 3.28. The largest absolute Gasteiger partial charge is 0.372 e. The van der Waals surface area contributed by atoms with Crippen LogP contribution in [0, 0.1) is 0 Å². The van der Waals surface area contributed by atoms with Crippen molar-refractivity contribution in [2.75, 3.05) is 13.1 Å². The maximum absolute atomic E-state index is 6.14. The predicted octanol–water partition coefficient (Wildman–Crippen LogP) is 2.33. The van der Waals surface area contributed by atoms with E-state index in [1.807, 2.05) is 0 Å². The molecule has 1 rings (SSSR count). The zero-order valence-electron chi connectivity index (χ0n) is 9.23. The van der Waals surface area contributed by atoms with E-state index in [0.29, 0.717) is 6.10 Å². The van der Waals surface area contributed by atoms with E-state index in [2.05, 4.69) is 26.1 Å². The van der Waals surface area contributed by atoms with Gasteiger partial charge in [-0.15, -0.1) is 0 Å². The first-order valence-corrected chi connectivity index (χ1v) is 5.58. The van der Waals surface area contributed by atoms with E-state index in [4.69, 9.17) is 4.74 Å². The SMILES string of the molecule is CCC(C)(CC)OC1CCNCC1. The molecule has 1 fully saturated rings. The van der Waals surface area contributed by atoms with Gasteiger partial charge >= 0.3 is 0 Å². The molecule has 13 heavy (non-hydrogen) atoms. The van der Waals surface area contributed by atoms with E-state index in [-0.39, 0.29) is 5.60 Å². The standard InChI is InChI=1S/C11H23NO/c1-4-11(3,5-2)13-10-6-8-12-9-7-10/h10,12H,4-9H2,1-3H3. The minimum Gasteiger partial charge on any atom is -0.372 e. The van der Waals surface area contributed by atoms with Gasteiger partial charge in [0.1, 0.15) is 0 Å². The van der Waals surface area contributed by atoms with Crippen molar-refractivity contribution in [3.63, 3.8) is 0 Å². The van der Waals surface area contributed by atoms with Crippen molar-refractivity contribution in [3.05, 3.63) is 0 Å². The highest BCUT2D eigenvalue weighted by Gasteiger charge is 2.25. The molecule has 1 aliphatic heterocycles. The summed E-state index contributed by atoms with van der Waals surface area (Å²) in [6.07, 6.45) is 5.08. The Labute approximate surface area is 82.0 Å². The van der Waals surface area contributed by atoms with E-state index >= 15 is 0 Å². The van der Waals surface area contributed by atoms with E-state index in [1.54, 1.807) is 0 Å². The lowest BCUT2D eigenvalue weighted by atomic mass is 9.98. The summed E-state index contributed by atoms with van der Waals surface area (Å²) in [4.78, 5) is 0. The summed E-state index contributed by atoms with van der Waals surface area (Å²) in [5.74, 6) is 0. The fourth-order valence-electron chi connectivity index (χ4n) is 1.73. The number of rotatable bonds is 4. The van der Waals surface area contributed by atoms with E-state index in [0.717, 1.165) is 25.9 Å². The fourth-order valence-corrected chi connectivity index (χ4v) is 1.73. The Hall–Kier alpha value is -0.0800. The third-order valence-corrected chi connectivity index (χ3v) is 3.23. The average molecular weight is 185 g/mol. The molecular formula is C11H23NO. The van der Waals surface area contributed by atoms with Crippen molar-refractivity contribution in [2.45, 2.75) is 58.2 Å². The third-order valence-electron chi connectivity index (χ3n) is 3.23. The van der Waals surface area contributed by atoms with Gasteiger partial charge in [0.2, 0.25) is 0 Å². The minimum atomic E-state index is 0.113. The first-order valence-electron chi connectivity index (χ1n) is 5.58. The fraction of sp³-hybridized carbons (Fsp3) is 1.00. The molecule has 0 aliphatic carbocycles. The molecule has 0 aromatic heterocycles. The van der Waals surface area contributed by atoms with Crippen LogP contribution in [0.3, 0.4) is 0 Å². The normalized spacial score (nSPS) is 20.5. The number of hydrogen-bond acceptors (Lipinski definition) is 2. The monoisotopic (exact) mass is 185 g/mol. The molecule has 0 saturated carbocycles. The Bertz CT molecular complexity index is 137. The van der Waals surface area contributed by atoms with E-state index < -0.39 is 0 Å². The Balaban J connectivity index is 2.35. The van der Waals surface area contributed by atoms with Gasteiger partial charge in [0.05, 0.1) is 11.7 Å². The lowest BCUT2D eigenvalue weighted by molar-refractivity contribution is -0.0963. The molecule has 1 saturated heterocycles. The number of hydrogen-bond donors (Lipinski definition) is 1. The van der Waals surface area contributed by atoms with Crippen LogP contribution in [0.4, 0.5) is 0 Å². The van der Waals surface area contributed by atoms with Gasteiger partial charge in [0.15, 0.2) is 0 Å². The summed E-state index contributed by atoms with van der Waals surface area (Å²) < 4.78 is 6.14. The zero-order valence-corrected chi connectivity index (χ0v) is 9.23. The molecular weight excluding hydrogens is 162 g/mol. The molecule has 0 atom stereocenters. The van der Waals surface area contributed by atoms with Crippen LogP contribution < -0.4 is 5.32 Å². The van der Waals surface area contributed by atoms with Crippen molar-refractivity contribution < 1.29 is 4.74 Å². The molecule has 0 radical (unpaired) electrons. The van der Waals surface area contributed by atoms with Crippen molar-refractivity contribution in [1.82, 2.24) is 5.32 Å². The molecule has 0 amide bonds. The molecule has 1 N–H and O–H groups in total. The summed E-state index contributed by atoms with van der Waals surface area (Å²) in [6, 6.07) is 0. The summed E-state index contributed by atoms with van der Waals surface area (Å²) in [7, 11) is 0. The van der Waals surface area contributed by atoms with Crippen molar-refractivity contribution in [2.24, 2.45) is 0 Å². The predicted molar refractivity (Wildman–Crippen MR) is 56.0 cm³/mol. The highest BCUT2D eigenvalue weighted by Crippen LogP contribution is 2.24. The van der Waals surface area contributed by atoms with Crippen LogP contribution in [-0.2, 0) is 4.74 Å². The topological polar surface area (TPSA) is 21.3 Å². The van der Waals surface area contributed by atoms with Crippen LogP contribution in [0.15, 0.2) is 0 Å². The molecule has 0 bridgehead atoms. The molecule has 1 aliphatic rings. The molecule has 0 unspecified atom stereocenters. The lowest BCUT2D eigenvalue weighted by Crippen LogP contribution is -2.39. The van der Waals surface area contributed by atoms with Crippen LogP contribution in [0.5, 0.6) is 0 Å². The Kier molecular flexibility index (Phi) is 4.20. The molecule has 2 heteroatoms. The van der Waals surface area contributed by atoms with Crippen LogP contribution in [0.1, 0.15) is 46.5 Å². The molecule has 2 nitrogen and oxygen atoms in total. The van der Waals surface area contributed by atoms with Gasteiger partial charge in [-0.05, 0) is 45.7 Å². The van der Waals surface area contributed by atoms with Gasteiger partial charge in [-0.1, -0.05) is 13.8 Å². The van der Waals surface area contributed by atoms with Crippen molar-refractivity contribution in [3.8, 4) is 0 Å². The van der Waals surface area contributed by atoms with E-state index in [1.165, 1.54) is 12.8 Å². The van der Waals surface area contributed by atoms with Crippen LogP contribution in [-0.4, -0.2) is 24.8 Å². The van der Waals surface area contributed by atoms with Gasteiger partial charge in [-0.25, -0.2) is 0 Å². The number of ether oxygens (including phenoxy) is 1. The highest BCUT2D eigenvalue weighted by atomic mass is 16.5. The lowest BCUT2D eigenvalue weighted by Gasteiger charge is -2.34. The maximum Gasteiger partial charge on any atom is 0.0653 e. The minimum absolute atomic E-state index is 0.113. The molecule has 78 valence electrons. The van der Waals surface area contributed by atoms with Gasteiger partial charge in [-0.2, -0.15) is 0 Å². The Morgan fingerprint density at radius 1 is 1.23 bits per heavy atom. The number of nitrogens with one attached hydrogen (secondary N) is 1. The zero-order chi connectivity index (χ0) is 9.73. The van der Waals surface area contributed by atoms with Crippen molar-refractivity contribution in [1.29, 1.82) is 0 Å². The number of piperidine rings is 1. The molecule has 0 spiro atoms. The smallest absolute Gasteiger partial charge is 0.0653 e. The summed E-state index contributed by atoms with van der Waals surface area (Å²) in [5.41, 5.74) is 0.113. The molecule has 0 aromatic rings.